The summed E-state index contributed by atoms with van der Waals surface area (Å²) in [5, 5.41) is 15.9. The van der Waals surface area contributed by atoms with E-state index in [4.69, 9.17) is 16.0 Å². The largest absolute Gasteiger partial charge is 0.455 e. The second-order valence-corrected chi connectivity index (χ2v) is 7.23. The van der Waals surface area contributed by atoms with Crippen LogP contribution in [0.1, 0.15) is 16.9 Å². The van der Waals surface area contributed by atoms with Crippen molar-refractivity contribution in [2.24, 2.45) is 5.10 Å². The van der Waals surface area contributed by atoms with Gasteiger partial charge in [-0.05, 0) is 35.4 Å². The van der Waals surface area contributed by atoms with Crippen LogP contribution in [0.15, 0.2) is 107 Å². The SMILES string of the molecule is O=C(N/N=C/c1ccc(-c2ccccc2Cl)o1)C(O)(c1ccccc1)c1ccccc1. The van der Waals surface area contributed by atoms with E-state index < -0.39 is 11.5 Å². The zero-order valence-electron chi connectivity index (χ0n) is 16.4. The van der Waals surface area contributed by atoms with Crippen LogP contribution in [0.3, 0.4) is 0 Å². The molecule has 0 bridgehead atoms. The highest BCUT2D eigenvalue weighted by Crippen LogP contribution is 2.30. The minimum atomic E-state index is -1.90. The number of carbonyl (C=O) groups excluding carboxylic acids is 1. The highest BCUT2D eigenvalue weighted by atomic mass is 35.5. The number of halogens is 1. The van der Waals surface area contributed by atoms with Gasteiger partial charge in [0, 0.05) is 5.56 Å². The molecule has 1 heterocycles. The molecule has 4 rings (SSSR count). The average molecular weight is 431 g/mol. The van der Waals surface area contributed by atoms with E-state index in [0.717, 1.165) is 5.56 Å². The van der Waals surface area contributed by atoms with E-state index in [9.17, 15) is 9.90 Å². The Balaban J connectivity index is 1.55. The molecule has 0 unspecified atom stereocenters. The van der Waals surface area contributed by atoms with E-state index in [1.165, 1.54) is 6.21 Å². The van der Waals surface area contributed by atoms with Gasteiger partial charge >= 0.3 is 0 Å². The molecule has 5 nitrogen and oxygen atoms in total. The van der Waals surface area contributed by atoms with Gasteiger partial charge < -0.3 is 9.52 Å². The first-order chi connectivity index (χ1) is 15.1. The lowest BCUT2D eigenvalue weighted by Gasteiger charge is -2.26. The van der Waals surface area contributed by atoms with Crippen molar-refractivity contribution in [3.63, 3.8) is 0 Å². The number of rotatable bonds is 6. The molecule has 0 aliphatic carbocycles. The summed E-state index contributed by atoms with van der Waals surface area (Å²) < 4.78 is 5.74. The van der Waals surface area contributed by atoms with Gasteiger partial charge in [-0.2, -0.15) is 5.10 Å². The molecule has 0 fully saturated rings. The topological polar surface area (TPSA) is 74.8 Å². The van der Waals surface area contributed by atoms with E-state index in [1.807, 2.05) is 30.3 Å². The maximum atomic E-state index is 13.0. The first kappa shape index (κ1) is 20.6. The van der Waals surface area contributed by atoms with Gasteiger partial charge in [0.1, 0.15) is 11.5 Å². The van der Waals surface area contributed by atoms with Gasteiger partial charge in [-0.25, -0.2) is 5.43 Å². The van der Waals surface area contributed by atoms with Gasteiger partial charge in [0.15, 0.2) is 5.60 Å². The summed E-state index contributed by atoms with van der Waals surface area (Å²) in [5.41, 5.74) is 2.16. The zero-order chi connectivity index (χ0) is 21.7. The van der Waals surface area contributed by atoms with Gasteiger partial charge in [-0.1, -0.05) is 84.4 Å². The number of hydrazone groups is 1. The standard InChI is InChI=1S/C25H19ClN2O3/c26-22-14-8-7-13-21(22)23-16-15-20(31-23)17-27-28-24(29)25(30,18-9-3-1-4-10-18)19-11-5-2-6-12-19/h1-17,30H,(H,28,29)/b27-17+. The van der Waals surface area contributed by atoms with E-state index in [1.54, 1.807) is 66.7 Å². The van der Waals surface area contributed by atoms with Crippen molar-refractivity contribution in [2.75, 3.05) is 0 Å². The van der Waals surface area contributed by atoms with E-state index in [0.29, 0.717) is 27.7 Å². The quantitative estimate of drug-likeness (QED) is 0.334. The highest BCUT2D eigenvalue weighted by molar-refractivity contribution is 6.33. The molecular weight excluding hydrogens is 412 g/mol. The van der Waals surface area contributed by atoms with Crippen LogP contribution in [0.4, 0.5) is 0 Å². The molecule has 3 aromatic carbocycles. The first-order valence-corrected chi connectivity index (χ1v) is 9.98. The van der Waals surface area contributed by atoms with Crippen LogP contribution in [0.2, 0.25) is 5.02 Å². The van der Waals surface area contributed by atoms with Crippen LogP contribution in [-0.2, 0) is 10.4 Å². The van der Waals surface area contributed by atoms with Gasteiger partial charge in [-0.3, -0.25) is 4.79 Å². The number of benzene rings is 3. The third kappa shape index (κ3) is 4.28. The number of hydrogen-bond donors (Lipinski definition) is 2. The normalized spacial score (nSPS) is 11.5. The summed E-state index contributed by atoms with van der Waals surface area (Å²) in [6, 6.07) is 28.3. The summed E-state index contributed by atoms with van der Waals surface area (Å²) in [7, 11) is 0. The summed E-state index contributed by atoms with van der Waals surface area (Å²) in [6.45, 7) is 0. The average Bonchev–Trinajstić information content (AvgIpc) is 3.28. The summed E-state index contributed by atoms with van der Waals surface area (Å²) in [6.07, 6.45) is 1.37. The maximum absolute atomic E-state index is 13.0. The molecule has 0 spiro atoms. The smallest absolute Gasteiger partial charge is 0.281 e. The second-order valence-electron chi connectivity index (χ2n) is 6.82. The fourth-order valence-electron chi connectivity index (χ4n) is 3.25. The molecular formula is C25H19ClN2O3. The predicted octanol–water partition coefficient (Wildman–Crippen LogP) is 4.99. The Morgan fingerprint density at radius 2 is 1.45 bits per heavy atom. The Morgan fingerprint density at radius 3 is 2.06 bits per heavy atom. The minimum Gasteiger partial charge on any atom is -0.455 e. The third-order valence-corrected chi connectivity index (χ3v) is 5.17. The number of nitrogens with one attached hydrogen (secondary N) is 1. The maximum Gasteiger partial charge on any atom is 0.281 e. The molecule has 0 saturated carbocycles. The monoisotopic (exact) mass is 430 g/mol. The van der Waals surface area contributed by atoms with Crippen molar-refractivity contribution in [1.82, 2.24) is 5.43 Å². The van der Waals surface area contributed by atoms with Crippen LogP contribution in [0.5, 0.6) is 0 Å². The van der Waals surface area contributed by atoms with Crippen molar-refractivity contribution in [3.8, 4) is 11.3 Å². The van der Waals surface area contributed by atoms with E-state index in [2.05, 4.69) is 10.5 Å². The van der Waals surface area contributed by atoms with Gasteiger partial charge in [0.05, 0.1) is 11.2 Å². The minimum absolute atomic E-state index is 0.429. The first-order valence-electron chi connectivity index (χ1n) is 9.60. The van der Waals surface area contributed by atoms with Gasteiger partial charge in [0.25, 0.3) is 5.91 Å². The van der Waals surface area contributed by atoms with Crippen LogP contribution in [-0.4, -0.2) is 17.2 Å². The second kappa shape index (κ2) is 9.00. The molecule has 0 atom stereocenters. The molecule has 0 radical (unpaired) electrons. The fraction of sp³-hybridized carbons (Fsp3) is 0.0400. The zero-order valence-corrected chi connectivity index (χ0v) is 17.2. The number of aliphatic hydroxyl groups is 1. The van der Waals surface area contributed by atoms with Crippen molar-refractivity contribution >= 4 is 23.7 Å². The number of nitrogens with zero attached hydrogens (tertiary/aromatic N) is 1. The highest BCUT2D eigenvalue weighted by Gasteiger charge is 2.39. The van der Waals surface area contributed by atoms with Crippen molar-refractivity contribution in [1.29, 1.82) is 0 Å². The Bertz CT molecular complexity index is 1160. The van der Waals surface area contributed by atoms with Crippen molar-refractivity contribution in [3.05, 3.63) is 119 Å². The Hall–Kier alpha value is -3.67. The summed E-state index contributed by atoms with van der Waals surface area (Å²) >= 11 is 6.20. The van der Waals surface area contributed by atoms with Crippen molar-refractivity contribution < 1.29 is 14.3 Å². The molecule has 4 aromatic rings. The Morgan fingerprint density at radius 1 is 0.871 bits per heavy atom. The molecule has 0 aliphatic heterocycles. The fourth-order valence-corrected chi connectivity index (χ4v) is 3.48. The van der Waals surface area contributed by atoms with Gasteiger partial charge in [0.2, 0.25) is 0 Å². The predicted molar refractivity (Wildman–Crippen MR) is 121 cm³/mol. The van der Waals surface area contributed by atoms with E-state index in [-0.39, 0.29) is 0 Å². The lowest BCUT2D eigenvalue weighted by molar-refractivity contribution is -0.136. The third-order valence-electron chi connectivity index (χ3n) is 4.84. The van der Waals surface area contributed by atoms with Crippen LogP contribution in [0, 0.1) is 0 Å². The van der Waals surface area contributed by atoms with Crippen LogP contribution >= 0.6 is 11.6 Å². The molecule has 6 heteroatoms. The molecule has 2 N–H and O–H groups in total. The molecule has 31 heavy (non-hydrogen) atoms. The summed E-state index contributed by atoms with van der Waals surface area (Å²) in [4.78, 5) is 13.0. The van der Waals surface area contributed by atoms with Crippen molar-refractivity contribution in [2.45, 2.75) is 5.60 Å². The van der Waals surface area contributed by atoms with Crippen LogP contribution in [0.25, 0.3) is 11.3 Å². The number of carbonyl (C=O) groups is 1. The molecule has 154 valence electrons. The summed E-state index contributed by atoms with van der Waals surface area (Å²) in [5.74, 6) is 0.334. The number of furan rings is 1. The lowest BCUT2D eigenvalue weighted by atomic mass is 9.85. The number of hydrogen-bond acceptors (Lipinski definition) is 4. The Kier molecular flexibility index (Phi) is 5.98. The molecule has 0 aliphatic rings. The molecule has 0 saturated heterocycles. The molecule has 1 aromatic heterocycles. The van der Waals surface area contributed by atoms with Crippen LogP contribution < -0.4 is 5.43 Å². The van der Waals surface area contributed by atoms with E-state index >= 15 is 0 Å². The number of amides is 1. The lowest BCUT2D eigenvalue weighted by Crippen LogP contribution is -2.43. The van der Waals surface area contributed by atoms with Gasteiger partial charge in [-0.15, -0.1) is 0 Å². The molecule has 1 amide bonds. The Labute approximate surface area is 184 Å².